The molecule has 0 atom stereocenters. The smallest absolute Gasteiger partial charge is 0.305 e. The van der Waals surface area contributed by atoms with Crippen molar-refractivity contribution in [2.75, 3.05) is 19.0 Å². The Kier molecular flexibility index (Phi) is 3.97. The highest BCUT2D eigenvalue weighted by atomic mass is 16.5. The van der Waals surface area contributed by atoms with E-state index in [1.807, 2.05) is 25.1 Å². The van der Waals surface area contributed by atoms with Gasteiger partial charge in [0.05, 0.1) is 13.5 Å². The van der Waals surface area contributed by atoms with Crippen molar-refractivity contribution in [1.29, 1.82) is 0 Å². The third-order valence-corrected chi connectivity index (χ3v) is 2.08. The van der Waals surface area contributed by atoms with Crippen LogP contribution in [0, 0.1) is 6.92 Å². The largest absolute Gasteiger partial charge is 0.496 e. The Balaban J connectivity index is 2.58. The highest BCUT2D eigenvalue weighted by Gasteiger charge is 2.00. The van der Waals surface area contributed by atoms with Crippen molar-refractivity contribution < 1.29 is 14.6 Å². The highest BCUT2D eigenvalue weighted by molar-refractivity contribution is 5.67. The van der Waals surface area contributed by atoms with Crippen LogP contribution in [0.2, 0.25) is 0 Å². The van der Waals surface area contributed by atoms with Crippen LogP contribution in [-0.2, 0) is 4.79 Å². The zero-order chi connectivity index (χ0) is 11.3. The summed E-state index contributed by atoms with van der Waals surface area (Å²) in [6.07, 6.45) is 0.107. The van der Waals surface area contributed by atoms with E-state index in [9.17, 15) is 4.79 Å². The van der Waals surface area contributed by atoms with Gasteiger partial charge in [0.15, 0.2) is 0 Å². The number of carboxylic acid groups (broad SMARTS) is 1. The fourth-order valence-corrected chi connectivity index (χ4v) is 1.24. The number of benzene rings is 1. The van der Waals surface area contributed by atoms with Crippen molar-refractivity contribution in [2.24, 2.45) is 0 Å². The Morgan fingerprint density at radius 2 is 2.27 bits per heavy atom. The molecule has 1 aromatic rings. The van der Waals surface area contributed by atoms with Crippen LogP contribution in [0.15, 0.2) is 18.2 Å². The lowest BCUT2D eigenvalue weighted by Crippen LogP contribution is -2.07. The molecule has 0 saturated heterocycles. The predicted molar refractivity (Wildman–Crippen MR) is 58.5 cm³/mol. The van der Waals surface area contributed by atoms with Crippen LogP contribution >= 0.6 is 0 Å². The highest BCUT2D eigenvalue weighted by Crippen LogP contribution is 2.21. The fraction of sp³-hybridized carbons (Fsp3) is 0.364. The molecule has 0 unspecified atom stereocenters. The molecule has 4 nitrogen and oxygen atoms in total. The summed E-state index contributed by atoms with van der Waals surface area (Å²) in [4.78, 5) is 10.3. The van der Waals surface area contributed by atoms with Gasteiger partial charge in [0.2, 0.25) is 0 Å². The van der Waals surface area contributed by atoms with Crippen LogP contribution in [0.3, 0.4) is 0 Å². The van der Waals surface area contributed by atoms with Crippen molar-refractivity contribution in [1.82, 2.24) is 0 Å². The van der Waals surface area contributed by atoms with Gasteiger partial charge in [-0.2, -0.15) is 0 Å². The summed E-state index contributed by atoms with van der Waals surface area (Å²) < 4.78 is 5.16. The average molecular weight is 209 g/mol. The number of rotatable bonds is 5. The number of aliphatic carboxylic acids is 1. The zero-order valence-corrected chi connectivity index (χ0v) is 8.91. The first-order valence-corrected chi connectivity index (χ1v) is 4.74. The van der Waals surface area contributed by atoms with Gasteiger partial charge in [0, 0.05) is 18.3 Å². The molecule has 0 saturated carbocycles. The molecule has 0 amide bonds. The van der Waals surface area contributed by atoms with E-state index in [1.165, 1.54) is 0 Å². The summed E-state index contributed by atoms with van der Waals surface area (Å²) in [5.41, 5.74) is 1.93. The molecule has 0 heterocycles. The number of hydrogen-bond donors (Lipinski definition) is 2. The van der Waals surface area contributed by atoms with E-state index in [0.717, 1.165) is 17.0 Å². The molecule has 1 aromatic carbocycles. The van der Waals surface area contributed by atoms with Crippen LogP contribution in [0.5, 0.6) is 5.75 Å². The van der Waals surface area contributed by atoms with E-state index < -0.39 is 5.97 Å². The molecule has 0 aliphatic rings. The number of aryl methyl sites for hydroxylation is 1. The Bertz CT molecular complexity index is 350. The molecule has 1 rings (SSSR count). The topological polar surface area (TPSA) is 58.6 Å². The number of hydrogen-bond acceptors (Lipinski definition) is 3. The molecule has 15 heavy (non-hydrogen) atoms. The molecule has 82 valence electrons. The Morgan fingerprint density at radius 1 is 1.53 bits per heavy atom. The van der Waals surface area contributed by atoms with E-state index in [-0.39, 0.29) is 6.42 Å². The fourth-order valence-electron chi connectivity index (χ4n) is 1.24. The predicted octanol–water partition coefficient (Wildman–Crippen LogP) is 1.89. The number of nitrogens with one attached hydrogen (secondary N) is 1. The third kappa shape index (κ3) is 3.50. The first-order valence-electron chi connectivity index (χ1n) is 4.74. The van der Waals surface area contributed by atoms with Crippen molar-refractivity contribution in [3.8, 4) is 5.75 Å². The summed E-state index contributed by atoms with van der Waals surface area (Å²) in [5.74, 6) is -0.00287. The minimum Gasteiger partial charge on any atom is -0.496 e. The van der Waals surface area contributed by atoms with Gasteiger partial charge in [0.25, 0.3) is 0 Å². The second-order valence-electron chi connectivity index (χ2n) is 3.25. The molecule has 4 heteroatoms. The van der Waals surface area contributed by atoms with Crippen LogP contribution < -0.4 is 10.1 Å². The monoisotopic (exact) mass is 209 g/mol. The van der Waals surface area contributed by atoms with Gasteiger partial charge in [-0.1, -0.05) is 6.07 Å². The molecular weight excluding hydrogens is 194 g/mol. The Labute approximate surface area is 88.9 Å². The van der Waals surface area contributed by atoms with E-state index >= 15 is 0 Å². The lowest BCUT2D eigenvalue weighted by atomic mass is 10.2. The minimum absolute atomic E-state index is 0.107. The third-order valence-electron chi connectivity index (χ3n) is 2.08. The zero-order valence-electron chi connectivity index (χ0n) is 8.91. The van der Waals surface area contributed by atoms with Crippen LogP contribution in [0.4, 0.5) is 5.69 Å². The van der Waals surface area contributed by atoms with Crippen molar-refractivity contribution in [3.05, 3.63) is 23.8 Å². The van der Waals surface area contributed by atoms with Crippen LogP contribution in [0.1, 0.15) is 12.0 Å². The van der Waals surface area contributed by atoms with Gasteiger partial charge in [0.1, 0.15) is 5.75 Å². The van der Waals surface area contributed by atoms with E-state index in [1.54, 1.807) is 7.11 Å². The molecule has 0 aliphatic carbocycles. The van der Waals surface area contributed by atoms with Crippen molar-refractivity contribution in [3.63, 3.8) is 0 Å². The van der Waals surface area contributed by atoms with Crippen molar-refractivity contribution in [2.45, 2.75) is 13.3 Å². The second kappa shape index (κ2) is 5.24. The Hall–Kier alpha value is -1.71. The van der Waals surface area contributed by atoms with Gasteiger partial charge in [-0.15, -0.1) is 0 Å². The molecule has 0 aromatic heterocycles. The first kappa shape index (κ1) is 11.4. The van der Waals surface area contributed by atoms with Crippen LogP contribution in [-0.4, -0.2) is 24.7 Å². The van der Waals surface area contributed by atoms with Gasteiger partial charge in [-0.3, -0.25) is 4.79 Å². The maximum absolute atomic E-state index is 10.3. The summed E-state index contributed by atoms with van der Waals surface area (Å²) in [6, 6.07) is 5.69. The lowest BCUT2D eigenvalue weighted by Gasteiger charge is -2.09. The quantitative estimate of drug-likeness (QED) is 0.777. The molecular formula is C11H15NO3. The molecule has 0 aliphatic heterocycles. The summed E-state index contributed by atoms with van der Waals surface area (Å²) in [7, 11) is 1.61. The summed E-state index contributed by atoms with van der Waals surface area (Å²) >= 11 is 0. The molecule has 2 N–H and O–H groups in total. The van der Waals surface area contributed by atoms with E-state index in [0.29, 0.717) is 6.54 Å². The maximum Gasteiger partial charge on any atom is 0.305 e. The standard InChI is InChI=1S/C11H15NO3/c1-8-3-4-9(7-10(8)15-2)12-6-5-11(13)14/h3-4,7,12H,5-6H2,1-2H3,(H,13,14). The summed E-state index contributed by atoms with van der Waals surface area (Å²) in [5, 5.41) is 11.5. The summed E-state index contributed by atoms with van der Waals surface area (Å²) in [6.45, 7) is 2.38. The van der Waals surface area contributed by atoms with Crippen LogP contribution in [0.25, 0.3) is 0 Å². The number of carboxylic acids is 1. The van der Waals surface area contributed by atoms with Gasteiger partial charge in [-0.25, -0.2) is 0 Å². The minimum atomic E-state index is -0.804. The Morgan fingerprint density at radius 3 is 2.87 bits per heavy atom. The first-order chi connectivity index (χ1) is 7.13. The number of methoxy groups -OCH3 is 1. The molecule has 0 radical (unpaired) electrons. The van der Waals surface area contributed by atoms with Crippen molar-refractivity contribution >= 4 is 11.7 Å². The number of ether oxygens (including phenoxy) is 1. The average Bonchev–Trinajstić information content (AvgIpc) is 2.20. The van der Waals surface area contributed by atoms with Gasteiger partial charge in [-0.05, 0) is 18.6 Å². The molecule has 0 spiro atoms. The number of carbonyl (C=O) groups is 1. The second-order valence-corrected chi connectivity index (χ2v) is 3.25. The van der Waals surface area contributed by atoms with Gasteiger partial charge < -0.3 is 15.2 Å². The molecule has 0 bridgehead atoms. The molecule has 0 fully saturated rings. The normalized spacial score (nSPS) is 9.73. The lowest BCUT2D eigenvalue weighted by molar-refractivity contribution is -0.136. The van der Waals surface area contributed by atoms with E-state index in [4.69, 9.17) is 9.84 Å². The maximum atomic E-state index is 10.3. The SMILES string of the molecule is COc1cc(NCCC(=O)O)ccc1C. The van der Waals surface area contributed by atoms with Gasteiger partial charge >= 0.3 is 5.97 Å². The number of anilines is 1. The van der Waals surface area contributed by atoms with E-state index in [2.05, 4.69) is 5.32 Å².